The van der Waals surface area contributed by atoms with Crippen LogP contribution in [0, 0.1) is 0 Å². The summed E-state index contributed by atoms with van der Waals surface area (Å²) in [5.41, 5.74) is 0.544. The van der Waals surface area contributed by atoms with Crippen molar-refractivity contribution in [1.29, 1.82) is 0 Å². The fourth-order valence-corrected chi connectivity index (χ4v) is 6.01. The van der Waals surface area contributed by atoms with E-state index < -0.39 is 15.6 Å². The van der Waals surface area contributed by atoms with Gasteiger partial charge < -0.3 is 31.5 Å². The van der Waals surface area contributed by atoms with E-state index >= 15 is 0 Å². The number of hydrogen-bond acceptors (Lipinski definition) is 23. The molecule has 55 heavy (non-hydrogen) atoms. The number of phenols is 1. The summed E-state index contributed by atoms with van der Waals surface area (Å²) >= 11 is 9.69. The SMILES string of the molecule is CI(C)I.O=S(=O)(CCOSOO[O-])c1ccc(N=Nc2c(SOO[O-])cc3ccc(Nc4nc(Cl)nc(NCCSOO[O-])n4)cc3c2O)cc1.[Na+].[Na+].[Na+]. The summed E-state index contributed by atoms with van der Waals surface area (Å²) in [5, 5.41) is 65.9. The van der Waals surface area contributed by atoms with Gasteiger partial charge in [-0.15, -0.1) is 9.45 Å². The quantitative estimate of drug-likeness (QED) is 0.0111. The number of hydrogen-bond donors (Lipinski definition) is 3. The van der Waals surface area contributed by atoms with Crippen LogP contribution < -0.4 is 115 Å². The normalized spacial score (nSPS) is 11.1. The molecule has 0 saturated carbocycles. The molecule has 3 aromatic carbocycles. The predicted octanol–water partition coefficient (Wildman–Crippen LogP) is -4.25. The molecule has 1 aromatic heterocycles. The van der Waals surface area contributed by atoms with Crippen molar-refractivity contribution in [3.8, 4) is 5.75 Å². The monoisotopic (exact) mass is 1120 g/mol. The maximum atomic E-state index is 12.5. The van der Waals surface area contributed by atoms with Gasteiger partial charge in [0.15, 0.2) is 27.9 Å². The van der Waals surface area contributed by atoms with E-state index in [0.29, 0.717) is 40.8 Å². The molecule has 0 aliphatic carbocycles. The summed E-state index contributed by atoms with van der Waals surface area (Å²) in [6.45, 7) is 0.0107. The summed E-state index contributed by atoms with van der Waals surface area (Å²) in [6, 6.07) is 11.8. The summed E-state index contributed by atoms with van der Waals surface area (Å²) in [5.74, 6) is -0.243. The van der Waals surface area contributed by atoms with E-state index in [1.807, 2.05) is 0 Å². The van der Waals surface area contributed by atoms with Gasteiger partial charge in [-0.2, -0.15) is 28.7 Å². The fraction of sp³-hybridized carbons (Fsp3) is 0.240. The van der Waals surface area contributed by atoms with Gasteiger partial charge in [-0.1, -0.05) is 6.07 Å². The minimum absolute atomic E-state index is 0. The first kappa shape index (κ1) is 56.3. The number of fused-ring (bicyclic) bond motifs is 1. The molecule has 3 N–H and O–H groups in total. The molecule has 0 unspecified atom stereocenters. The molecule has 0 spiro atoms. The summed E-state index contributed by atoms with van der Waals surface area (Å²) in [6.07, 6.45) is 0. The van der Waals surface area contributed by atoms with Crippen LogP contribution in [0.25, 0.3) is 10.8 Å². The topological polar surface area (TPSA) is 276 Å². The number of halogens is 3. The molecule has 30 heteroatoms. The second-order valence-corrected chi connectivity index (χ2v) is 28.4. The van der Waals surface area contributed by atoms with Gasteiger partial charge in [-0.3, -0.25) is 19.3 Å². The number of aromatic nitrogens is 3. The van der Waals surface area contributed by atoms with Crippen molar-refractivity contribution in [2.75, 3.05) is 45.2 Å². The molecule has 0 amide bonds. The molecule has 4 rings (SSSR count). The smallest absolute Gasteiger partial charge is 0.691 e. The van der Waals surface area contributed by atoms with E-state index in [1.54, 1.807) is 24.3 Å². The van der Waals surface area contributed by atoms with Gasteiger partial charge in [-0.05, 0) is 59.5 Å². The second-order valence-electron chi connectivity index (χ2n) is 9.19. The molecule has 4 aromatic rings. The predicted molar refractivity (Wildman–Crippen MR) is 203 cm³/mol. The van der Waals surface area contributed by atoms with Crippen molar-refractivity contribution in [3.63, 3.8) is 0 Å². The van der Waals surface area contributed by atoms with Crippen molar-refractivity contribution < 1.29 is 150 Å². The molecule has 286 valence electrons. The van der Waals surface area contributed by atoms with Crippen LogP contribution >= 0.6 is 82.5 Å². The van der Waals surface area contributed by atoms with Crippen LogP contribution in [0.1, 0.15) is 0 Å². The van der Waals surface area contributed by atoms with Crippen molar-refractivity contribution >= 4 is 132 Å². The Labute approximate surface area is 415 Å². The van der Waals surface area contributed by atoms with Crippen LogP contribution in [0.3, 0.4) is 0 Å². The zero-order valence-electron chi connectivity index (χ0n) is 29.3. The minimum atomic E-state index is -3.76. The van der Waals surface area contributed by atoms with Crippen molar-refractivity contribution in [1.82, 2.24) is 15.0 Å². The Hall–Kier alpha value is 1.28. The van der Waals surface area contributed by atoms with E-state index in [9.17, 15) is 29.3 Å². The molecule has 0 fully saturated rings. The molecule has 0 saturated heterocycles. The number of anilines is 3. The fourth-order valence-electron chi connectivity index (χ4n) is 3.66. The van der Waals surface area contributed by atoms with Crippen LogP contribution in [0.2, 0.25) is 5.28 Å². The zero-order chi connectivity index (χ0) is 37.9. The molecular formula is C25H25ClI2N7Na3O13S4. The number of benzene rings is 3. The number of nitrogens with one attached hydrogen (secondary N) is 2. The summed E-state index contributed by atoms with van der Waals surface area (Å²) in [7, 11) is -3.76. The third-order valence-corrected chi connectivity index (χ3v) is 8.99. The maximum Gasteiger partial charge on any atom is 1.00 e. The van der Waals surface area contributed by atoms with Gasteiger partial charge >= 0.3 is 133 Å². The van der Waals surface area contributed by atoms with E-state index in [2.05, 4.69) is 92.4 Å². The largest absolute Gasteiger partial charge is 1.00 e. The van der Waals surface area contributed by atoms with Gasteiger partial charge in [0, 0.05) is 35.4 Å². The third-order valence-electron chi connectivity index (χ3n) is 5.61. The average molecular weight is 1120 g/mol. The van der Waals surface area contributed by atoms with E-state index in [4.69, 9.17) is 15.8 Å². The van der Waals surface area contributed by atoms with Crippen molar-refractivity contribution in [2.24, 2.45) is 10.2 Å². The molecule has 0 atom stereocenters. The van der Waals surface area contributed by atoms with Gasteiger partial charge in [0.2, 0.25) is 17.2 Å². The Balaban J connectivity index is 0.00000397. The molecule has 0 radical (unpaired) electrons. The van der Waals surface area contributed by atoms with Crippen molar-refractivity contribution in [3.05, 3.63) is 53.8 Å². The molecule has 20 nitrogen and oxygen atoms in total. The number of rotatable bonds is 20. The molecule has 0 aliphatic rings. The van der Waals surface area contributed by atoms with Crippen LogP contribution in [-0.4, -0.2) is 63.0 Å². The van der Waals surface area contributed by atoms with Gasteiger partial charge in [0.05, 0.1) is 39.9 Å². The van der Waals surface area contributed by atoms with Crippen LogP contribution in [0.4, 0.5) is 29.0 Å². The Bertz CT molecular complexity index is 1870. The first-order chi connectivity index (χ1) is 25.0. The first-order valence-electron chi connectivity index (χ1n) is 13.6. The molecule has 0 bridgehead atoms. The number of aromatic hydroxyl groups is 1. The molecule has 1 heterocycles. The standard InChI is InChI=1S/C23H22ClN7O13S4.C2H6I2.3Na/c24-21-27-22(25-7-9-45-42-39-33)29-23(28-21)26-15-2-1-13-11-18(46-43-40-34)19(20(32)17(13)12-15)31-30-14-3-5-16(6-4-14)48(36,37)10-8-38-47-44-41-35;1-4(2)3;;;/h1-6,11-12,32-35H,7-10H2,(H2,25,26,27,28,29);1-2H3;;;/q;;3*+1/p-3. The number of phenolic OH excluding ortho intramolecular Hbond substituents is 1. The van der Waals surface area contributed by atoms with Gasteiger partial charge in [-0.25, -0.2) is 8.42 Å². The Morgan fingerprint density at radius 3 is 2.24 bits per heavy atom. The Morgan fingerprint density at radius 2 is 1.58 bits per heavy atom. The number of alkyl halides is 2. The van der Waals surface area contributed by atoms with Crippen molar-refractivity contribution in [2.45, 2.75) is 9.79 Å². The van der Waals surface area contributed by atoms with Gasteiger partial charge in [0.1, 0.15) is 5.69 Å². The molecule has 0 aliphatic heterocycles. The zero-order valence-corrected chi connectivity index (χ0v) is 43.6. The summed E-state index contributed by atoms with van der Waals surface area (Å²) in [4.78, 5) is 17.0. The minimum Gasteiger partial charge on any atom is -0.691 e. The average Bonchev–Trinajstić information content (AvgIpc) is 3.10. The Kier molecular flexibility index (Phi) is 31.9. The van der Waals surface area contributed by atoms with Gasteiger partial charge in [0.25, 0.3) is 0 Å². The number of sulfone groups is 1. The second kappa shape index (κ2) is 31.2. The maximum absolute atomic E-state index is 12.5. The first-order valence-corrected chi connectivity index (χ1v) is 28.5. The summed E-state index contributed by atoms with van der Waals surface area (Å²) < 4.78 is 42.3. The van der Waals surface area contributed by atoms with E-state index in [0.717, 1.165) is 12.0 Å². The molecular weight excluding hydrogens is 1090 g/mol. The van der Waals surface area contributed by atoms with E-state index in [1.165, 1.54) is 24.3 Å². The number of nitrogens with zero attached hydrogens (tertiary/aromatic N) is 5. The van der Waals surface area contributed by atoms with Crippen LogP contribution in [0.5, 0.6) is 5.75 Å². The number of azo groups is 1. The Morgan fingerprint density at radius 1 is 0.927 bits per heavy atom. The third kappa shape index (κ3) is 21.1. The van der Waals surface area contributed by atoms with E-state index in [-0.39, 0.29) is 168 Å². The van der Waals surface area contributed by atoms with Crippen LogP contribution in [-0.2, 0) is 42.1 Å². The van der Waals surface area contributed by atoms with Crippen LogP contribution in [0.15, 0.2) is 68.6 Å².